The number of hydrogen-bond acceptors (Lipinski definition) is 6. The summed E-state index contributed by atoms with van der Waals surface area (Å²) < 4.78 is 0. The molecule has 12 heteroatoms. The number of anilines is 1. The molecule has 0 saturated heterocycles. The Kier molecular flexibility index (Phi) is 9.12. The molecule has 0 fully saturated rings. The van der Waals surface area contributed by atoms with Gasteiger partial charge in [-0.1, -0.05) is 24.3 Å². The first-order valence-electron chi connectivity index (χ1n) is 14.0. The van der Waals surface area contributed by atoms with E-state index in [2.05, 4.69) is 36.2 Å². The van der Waals surface area contributed by atoms with Gasteiger partial charge in [0.25, 0.3) is 11.8 Å². The molecule has 0 saturated carbocycles. The first-order valence-corrected chi connectivity index (χ1v) is 14.0. The van der Waals surface area contributed by atoms with Crippen LogP contribution in [-0.2, 0) is 16.0 Å². The van der Waals surface area contributed by atoms with Crippen LogP contribution in [0, 0.1) is 0 Å². The van der Waals surface area contributed by atoms with Gasteiger partial charge in [0.15, 0.2) is 0 Å². The maximum atomic E-state index is 13.4. The van der Waals surface area contributed by atoms with Crippen LogP contribution in [0.4, 0.5) is 5.82 Å². The average molecular weight is 571 g/mol. The Hall–Kier alpha value is -5.13. The van der Waals surface area contributed by atoms with Crippen molar-refractivity contribution in [3.8, 4) is 0 Å². The second-order valence-corrected chi connectivity index (χ2v) is 10.1. The largest absolute Gasteiger partial charge is 0.368 e. The predicted octanol–water partition coefficient (Wildman–Crippen LogP) is 1.81. The molecule has 3 aromatic heterocycles. The summed E-state index contributed by atoms with van der Waals surface area (Å²) in [6.45, 7) is 1.24. The highest BCUT2D eigenvalue weighted by Crippen LogP contribution is 2.19. The number of carbonyl (C=O) groups is 4. The summed E-state index contributed by atoms with van der Waals surface area (Å²) in [4.78, 5) is 64.3. The van der Waals surface area contributed by atoms with Crippen molar-refractivity contribution in [2.75, 3.05) is 38.0 Å². The van der Waals surface area contributed by atoms with Gasteiger partial charge < -0.3 is 36.1 Å². The molecule has 6 N–H and O–H groups in total. The number of aromatic nitrogens is 3. The summed E-state index contributed by atoms with van der Waals surface area (Å²) in [5.41, 5.74) is 2.42. The molecule has 1 atom stereocenters. The van der Waals surface area contributed by atoms with E-state index in [0.717, 1.165) is 16.5 Å². The molecule has 42 heavy (non-hydrogen) atoms. The average Bonchev–Trinajstić information content (AvgIpc) is 3.68. The van der Waals surface area contributed by atoms with Gasteiger partial charge in [-0.15, -0.1) is 0 Å². The van der Waals surface area contributed by atoms with E-state index in [1.165, 1.54) is 4.90 Å². The molecule has 4 heterocycles. The summed E-state index contributed by atoms with van der Waals surface area (Å²) >= 11 is 0. The maximum absolute atomic E-state index is 13.4. The van der Waals surface area contributed by atoms with Crippen molar-refractivity contribution in [3.63, 3.8) is 0 Å². The number of nitrogens with zero attached hydrogens (tertiary/aromatic N) is 2. The maximum Gasteiger partial charge on any atom is 0.270 e. The minimum Gasteiger partial charge on any atom is -0.368 e. The standard InChI is InChI=1S/C30H34N8O4/c39-27-19-38(30(42)24-10-6-13-31-24)16-4-3-12-34-28(40)25(17-20-18-35-22-8-2-1-7-21(20)22)37-29(41)23-9-5-11-26(36-23)32-14-15-33-27/h1-2,5-11,13,18,25,31,35H,3-4,12,14-17,19H2,(H,32,36)(H,33,39)(H,34,40)(H,37,41)/t25-/m0/s1. The van der Waals surface area contributed by atoms with E-state index in [-0.39, 0.29) is 36.4 Å². The highest BCUT2D eigenvalue weighted by molar-refractivity contribution is 5.97. The van der Waals surface area contributed by atoms with E-state index < -0.39 is 11.9 Å². The minimum atomic E-state index is -0.843. The summed E-state index contributed by atoms with van der Waals surface area (Å²) in [7, 11) is 0. The SMILES string of the molecule is O=C1CN(C(=O)c2ccc[nH]2)CCCCNC(=O)[C@H](Cc2c[nH]c3ccccc23)NC(=O)c2cccc(n2)NCCN1. The van der Waals surface area contributed by atoms with E-state index in [1.807, 2.05) is 30.5 Å². The van der Waals surface area contributed by atoms with Crippen LogP contribution in [0.3, 0.4) is 0 Å². The molecule has 4 amide bonds. The molecule has 0 spiro atoms. The first-order chi connectivity index (χ1) is 20.5. The fraction of sp³-hybridized carbons (Fsp3) is 0.300. The lowest BCUT2D eigenvalue weighted by molar-refractivity contribution is -0.123. The number of nitrogens with one attached hydrogen (secondary N) is 6. The molecule has 0 unspecified atom stereocenters. The van der Waals surface area contributed by atoms with Gasteiger partial charge in [0.05, 0.1) is 6.54 Å². The van der Waals surface area contributed by atoms with E-state index in [9.17, 15) is 19.2 Å². The van der Waals surface area contributed by atoms with Gasteiger partial charge in [0, 0.05) is 55.9 Å². The molecule has 4 aromatic rings. The number of pyridine rings is 1. The van der Waals surface area contributed by atoms with Crippen molar-refractivity contribution in [2.45, 2.75) is 25.3 Å². The van der Waals surface area contributed by atoms with Crippen molar-refractivity contribution in [3.05, 3.63) is 83.9 Å². The number of benzene rings is 1. The van der Waals surface area contributed by atoms with Gasteiger partial charge in [-0.2, -0.15) is 0 Å². The lowest BCUT2D eigenvalue weighted by Gasteiger charge is -2.22. The van der Waals surface area contributed by atoms with Crippen LogP contribution in [0.2, 0.25) is 0 Å². The topological polar surface area (TPSA) is 164 Å². The summed E-state index contributed by atoms with van der Waals surface area (Å²) in [5, 5.41) is 12.7. The highest BCUT2D eigenvalue weighted by atomic mass is 16.2. The van der Waals surface area contributed by atoms with E-state index in [4.69, 9.17) is 0 Å². The second-order valence-electron chi connectivity index (χ2n) is 10.1. The number of para-hydroxylation sites is 1. The molecule has 5 rings (SSSR count). The molecule has 2 bridgehead atoms. The molecule has 1 aliphatic rings. The van der Waals surface area contributed by atoms with Crippen LogP contribution in [0.1, 0.15) is 39.4 Å². The monoisotopic (exact) mass is 570 g/mol. The van der Waals surface area contributed by atoms with Crippen LogP contribution < -0.4 is 21.3 Å². The zero-order chi connectivity index (χ0) is 29.3. The van der Waals surface area contributed by atoms with Crippen molar-refractivity contribution in [1.82, 2.24) is 35.8 Å². The number of rotatable bonds is 3. The molecular formula is C30H34N8O4. The van der Waals surface area contributed by atoms with Crippen LogP contribution in [-0.4, -0.2) is 82.2 Å². The molecule has 12 nitrogen and oxygen atoms in total. The minimum absolute atomic E-state index is 0.0942. The van der Waals surface area contributed by atoms with Gasteiger partial charge in [0.1, 0.15) is 23.2 Å². The third-order valence-corrected chi connectivity index (χ3v) is 7.06. The zero-order valence-corrected chi connectivity index (χ0v) is 23.1. The van der Waals surface area contributed by atoms with Crippen LogP contribution in [0.25, 0.3) is 10.9 Å². The molecule has 1 aliphatic heterocycles. The van der Waals surface area contributed by atoms with Crippen LogP contribution in [0.15, 0.2) is 67.0 Å². The first kappa shape index (κ1) is 28.4. The summed E-state index contributed by atoms with van der Waals surface area (Å²) in [6, 6.07) is 15.3. The Labute approximate surface area is 242 Å². The third-order valence-electron chi connectivity index (χ3n) is 7.06. The molecule has 1 aromatic carbocycles. The van der Waals surface area contributed by atoms with Gasteiger partial charge >= 0.3 is 0 Å². The highest BCUT2D eigenvalue weighted by Gasteiger charge is 2.24. The van der Waals surface area contributed by atoms with Crippen molar-refractivity contribution in [1.29, 1.82) is 0 Å². The normalized spacial score (nSPS) is 17.7. The Bertz CT molecular complexity index is 1550. The quantitative estimate of drug-likeness (QED) is 0.220. The van der Waals surface area contributed by atoms with Crippen LogP contribution in [0.5, 0.6) is 0 Å². The fourth-order valence-electron chi connectivity index (χ4n) is 4.89. The van der Waals surface area contributed by atoms with Crippen molar-refractivity contribution < 1.29 is 19.2 Å². The Morgan fingerprint density at radius 1 is 0.881 bits per heavy atom. The molecule has 0 aliphatic carbocycles. The van der Waals surface area contributed by atoms with Gasteiger partial charge in [-0.3, -0.25) is 19.2 Å². The predicted molar refractivity (Wildman–Crippen MR) is 158 cm³/mol. The van der Waals surface area contributed by atoms with Gasteiger partial charge in [-0.05, 0) is 48.7 Å². The zero-order valence-electron chi connectivity index (χ0n) is 23.1. The molecule has 0 radical (unpaired) electrons. The Morgan fingerprint density at radius 2 is 1.74 bits per heavy atom. The number of hydrogen-bond donors (Lipinski definition) is 6. The van der Waals surface area contributed by atoms with Gasteiger partial charge in [-0.25, -0.2) is 4.98 Å². The van der Waals surface area contributed by atoms with Crippen LogP contribution >= 0.6 is 0 Å². The lowest BCUT2D eigenvalue weighted by atomic mass is 10.0. The fourth-order valence-corrected chi connectivity index (χ4v) is 4.89. The van der Waals surface area contributed by atoms with E-state index >= 15 is 0 Å². The number of aromatic amines is 2. The number of carbonyl (C=O) groups excluding carboxylic acids is 4. The Balaban J connectivity index is 1.33. The lowest BCUT2D eigenvalue weighted by Crippen LogP contribution is -2.48. The van der Waals surface area contributed by atoms with E-state index in [1.54, 1.807) is 36.5 Å². The molecular weight excluding hydrogens is 536 g/mol. The van der Waals surface area contributed by atoms with Crippen molar-refractivity contribution >= 4 is 40.3 Å². The number of amides is 4. The smallest absolute Gasteiger partial charge is 0.270 e. The van der Waals surface area contributed by atoms with Gasteiger partial charge in [0.2, 0.25) is 11.8 Å². The molecule has 218 valence electrons. The number of fused-ring (bicyclic) bond motifs is 3. The Morgan fingerprint density at radius 3 is 2.60 bits per heavy atom. The summed E-state index contributed by atoms with van der Waals surface area (Å²) in [6.07, 6.45) is 4.94. The van der Waals surface area contributed by atoms with E-state index in [0.29, 0.717) is 50.5 Å². The number of H-pyrrole nitrogens is 2. The summed E-state index contributed by atoms with van der Waals surface area (Å²) in [5.74, 6) is -0.895. The van der Waals surface area contributed by atoms with Crippen molar-refractivity contribution in [2.24, 2.45) is 0 Å². The second kappa shape index (κ2) is 13.5. The third kappa shape index (κ3) is 7.14.